The molecule has 0 aromatic rings. The fourth-order valence-corrected chi connectivity index (χ4v) is 7.27. The Hall–Kier alpha value is -0.0800. The van der Waals surface area contributed by atoms with Gasteiger partial charge in [-0.05, 0) is 74.5 Å². The Morgan fingerprint density at radius 1 is 0.800 bits per heavy atom. The summed E-state index contributed by atoms with van der Waals surface area (Å²) in [6.07, 6.45) is 15.1. The second-order valence-corrected chi connectivity index (χ2v) is 9.10. The van der Waals surface area contributed by atoms with E-state index in [1.54, 1.807) is 38.5 Å². The Balaban J connectivity index is 1.41. The molecule has 0 radical (unpaired) electrons. The van der Waals surface area contributed by atoms with Gasteiger partial charge >= 0.3 is 0 Å². The van der Waals surface area contributed by atoms with E-state index in [9.17, 15) is 0 Å². The molecule has 1 unspecified atom stereocenters. The van der Waals surface area contributed by atoms with Crippen molar-refractivity contribution in [3.63, 3.8) is 0 Å². The summed E-state index contributed by atoms with van der Waals surface area (Å²) in [5.74, 6) is 3.26. The van der Waals surface area contributed by atoms with Crippen LogP contribution in [0.2, 0.25) is 0 Å². The molecule has 2 N–H and O–H groups in total. The van der Waals surface area contributed by atoms with Crippen LogP contribution in [0, 0.1) is 23.2 Å². The first-order chi connectivity index (χ1) is 9.75. The zero-order valence-electron chi connectivity index (χ0n) is 12.8. The average Bonchev–Trinajstić information content (AvgIpc) is 2.85. The van der Waals surface area contributed by atoms with Crippen molar-refractivity contribution in [3.05, 3.63) is 0 Å². The minimum atomic E-state index is 0.478. The third-order valence-corrected chi connectivity index (χ3v) is 7.68. The van der Waals surface area contributed by atoms with Crippen LogP contribution in [-0.4, -0.2) is 24.7 Å². The molecule has 1 heterocycles. The minimum Gasteiger partial charge on any atom is -0.313 e. The van der Waals surface area contributed by atoms with Crippen molar-refractivity contribution in [2.45, 2.75) is 75.8 Å². The van der Waals surface area contributed by atoms with Crippen molar-refractivity contribution < 1.29 is 0 Å². The lowest BCUT2D eigenvalue weighted by molar-refractivity contribution is -0.0831. The van der Waals surface area contributed by atoms with Crippen molar-refractivity contribution in [2.24, 2.45) is 23.2 Å². The molecule has 6 fully saturated rings. The first-order valence-corrected chi connectivity index (χ1v) is 9.24. The van der Waals surface area contributed by atoms with E-state index in [0.717, 1.165) is 23.8 Å². The summed E-state index contributed by atoms with van der Waals surface area (Å²) >= 11 is 0. The van der Waals surface area contributed by atoms with E-state index in [1.807, 2.05) is 0 Å². The summed E-state index contributed by atoms with van der Waals surface area (Å²) in [5, 5.41) is 8.05. The van der Waals surface area contributed by atoms with E-state index in [4.69, 9.17) is 0 Å². The van der Waals surface area contributed by atoms with E-state index >= 15 is 0 Å². The number of hydrogen-bond donors (Lipinski definition) is 2. The Labute approximate surface area is 123 Å². The van der Waals surface area contributed by atoms with Gasteiger partial charge in [0.1, 0.15) is 0 Å². The Morgan fingerprint density at radius 2 is 1.40 bits per heavy atom. The molecular formula is C18H30N2. The molecule has 6 aliphatic rings. The highest BCUT2D eigenvalue weighted by molar-refractivity contribution is 5.11. The molecule has 112 valence electrons. The molecule has 5 saturated carbocycles. The zero-order chi connectivity index (χ0) is 13.2. The number of piperazine rings is 1. The molecule has 0 aromatic carbocycles. The van der Waals surface area contributed by atoms with Crippen LogP contribution in [0.3, 0.4) is 0 Å². The zero-order valence-corrected chi connectivity index (χ0v) is 12.8. The molecule has 20 heavy (non-hydrogen) atoms. The monoisotopic (exact) mass is 274 g/mol. The van der Waals surface area contributed by atoms with Crippen LogP contribution in [-0.2, 0) is 0 Å². The molecule has 2 nitrogen and oxygen atoms in total. The molecule has 0 aromatic heterocycles. The van der Waals surface area contributed by atoms with Crippen LogP contribution >= 0.6 is 0 Å². The molecule has 1 aliphatic heterocycles. The lowest BCUT2D eigenvalue weighted by Gasteiger charge is -2.61. The normalized spacial score (nSPS) is 52.8. The van der Waals surface area contributed by atoms with Gasteiger partial charge in [-0.1, -0.05) is 12.8 Å². The third kappa shape index (κ3) is 1.76. The fourth-order valence-electron chi connectivity index (χ4n) is 7.27. The maximum absolute atomic E-state index is 4.22. The van der Waals surface area contributed by atoms with E-state index in [1.165, 1.54) is 38.8 Å². The molecular weight excluding hydrogens is 244 g/mol. The van der Waals surface area contributed by atoms with Gasteiger partial charge in [0.15, 0.2) is 0 Å². The van der Waals surface area contributed by atoms with E-state index in [0.29, 0.717) is 11.0 Å². The van der Waals surface area contributed by atoms with E-state index < -0.39 is 0 Å². The van der Waals surface area contributed by atoms with Gasteiger partial charge in [-0.15, -0.1) is 0 Å². The second-order valence-electron chi connectivity index (χ2n) is 9.10. The van der Waals surface area contributed by atoms with Gasteiger partial charge in [-0.2, -0.15) is 0 Å². The maximum atomic E-state index is 4.22. The van der Waals surface area contributed by atoms with Crippen LogP contribution in [0.5, 0.6) is 0 Å². The first-order valence-electron chi connectivity index (χ1n) is 9.24. The molecule has 1 saturated heterocycles. The predicted octanol–water partition coefficient (Wildman–Crippen LogP) is 3.08. The number of rotatable bonds is 1. The van der Waals surface area contributed by atoms with Crippen molar-refractivity contribution in [3.8, 4) is 0 Å². The number of hydrogen-bond acceptors (Lipinski definition) is 2. The van der Waals surface area contributed by atoms with E-state index in [-0.39, 0.29) is 0 Å². The third-order valence-electron chi connectivity index (χ3n) is 7.68. The second kappa shape index (κ2) is 4.23. The molecule has 2 heteroatoms. The van der Waals surface area contributed by atoms with Crippen LogP contribution in [0.4, 0.5) is 0 Å². The van der Waals surface area contributed by atoms with Gasteiger partial charge in [0.25, 0.3) is 0 Å². The smallest absolute Gasteiger partial charge is 0.0309 e. The van der Waals surface area contributed by atoms with Crippen LogP contribution in [0.25, 0.3) is 0 Å². The van der Waals surface area contributed by atoms with Crippen molar-refractivity contribution in [2.75, 3.05) is 13.1 Å². The Kier molecular flexibility index (Phi) is 2.63. The quantitative estimate of drug-likeness (QED) is 0.768. The summed E-state index contributed by atoms with van der Waals surface area (Å²) in [6.45, 7) is 2.48. The molecule has 6 rings (SSSR count). The summed E-state index contributed by atoms with van der Waals surface area (Å²) in [5.41, 5.74) is 1.16. The largest absolute Gasteiger partial charge is 0.313 e. The molecule has 5 aliphatic carbocycles. The fraction of sp³-hybridized carbons (Fsp3) is 1.00. The highest BCUT2D eigenvalue weighted by Crippen LogP contribution is 2.61. The summed E-state index contributed by atoms with van der Waals surface area (Å²) < 4.78 is 0. The minimum absolute atomic E-state index is 0.478. The average molecular weight is 274 g/mol. The number of nitrogens with one attached hydrogen (secondary N) is 2. The highest BCUT2D eigenvalue weighted by Gasteiger charge is 2.56. The Morgan fingerprint density at radius 3 is 2.00 bits per heavy atom. The van der Waals surface area contributed by atoms with Gasteiger partial charge in [-0.3, -0.25) is 0 Å². The standard InChI is InChI=1S/C18H30N2/c1-2-4-18(3-1)12-19-11-16(20-18)17-8-13-5-14(9-17)7-15(6-13)10-17/h13-16,19-20H,1-12H2. The lowest BCUT2D eigenvalue weighted by atomic mass is 9.47. The lowest BCUT2D eigenvalue weighted by Crippen LogP contribution is -2.69. The SMILES string of the molecule is C1CCC2(C1)CNCC(C13CC4CC(CC(C4)C1)C3)N2. The summed E-state index contributed by atoms with van der Waals surface area (Å²) in [7, 11) is 0. The maximum Gasteiger partial charge on any atom is 0.0309 e. The van der Waals surface area contributed by atoms with Gasteiger partial charge in [-0.25, -0.2) is 0 Å². The van der Waals surface area contributed by atoms with Crippen molar-refractivity contribution in [1.82, 2.24) is 10.6 Å². The summed E-state index contributed by atoms with van der Waals surface area (Å²) in [6, 6.07) is 0.780. The van der Waals surface area contributed by atoms with Gasteiger partial charge in [0.2, 0.25) is 0 Å². The van der Waals surface area contributed by atoms with Gasteiger partial charge in [0.05, 0.1) is 0 Å². The van der Waals surface area contributed by atoms with Gasteiger partial charge < -0.3 is 10.6 Å². The molecule has 0 amide bonds. The van der Waals surface area contributed by atoms with Crippen LogP contribution in [0.15, 0.2) is 0 Å². The predicted molar refractivity (Wildman–Crippen MR) is 81.6 cm³/mol. The van der Waals surface area contributed by atoms with Crippen LogP contribution in [0.1, 0.15) is 64.2 Å². The molecule has 1 spiro atoms. The van der Waals surface area contributed by atoms with Crippen molar-refractivity contribution >= 4 is 0 Å². The van der Waals surface area contributed by atoms with Crippen LogP contribution < -0.4 is 10.6 Å². The topological polar surface area (TPSA) is 24.1 Å². The van der Waals surface area contributed by atoms with Gasteiger partial charge in [0, 0.05) is 24.7 Å². The highest BCUT2D eigenvalue weighted by atomic mass is 15.1. The molecule has 4 bridgehead atoms. The Bertz CT molecular complexity index is 361. The molecule has 1 atom stereocenters. The summed E-state index contributed by atoms with van der Waals surface area (Å²) in [4.78, 5) is 0. The van der Waals surface area contributed by atoms with E-state index in [2.05, 4.69) is 10.6 Å². The van der Waals surface area contributed by atoms with Crippen molar-refractivity contribution in [1.29, 1.82) is 0 Å². The first kappa shape index (κ1) is 12.5.